The van der Waals surface area contributed by atoms with E-state index in [9.17, 15) is 9.18 Å². The van der Waals surface area contributed by atoms with Crippen molar-refractivity contribution in [2.75, 3.05) is 23.7 Å². The van der Waals surface area contributed by atoms with Crippen molar-refractivity contribution in [2.24, 2.45) is 0 Å². The Morgan fingerprint density at radius 1 is 1.37 bits per heavy atom. The van der Waals surface area contributed by atoms with Crippen molar-refractivity contribution in [1.29, 1.82) is 0 Å². The fourth-order valence-corrected chi connectivity index (χ4v) is 3.43. The van der Waals surface area contributed by atoms with Crippen molar-refractivity contribution in [2.45, 2.75) is 31.9 Å². The van der Waals surface area contributed by atoms with E-state index in [-0.39, 0.29) is 16.3 Å². The summed E-state index contributed by atoms with van der Waals surface area (Å²) in [6, 6.07) is 4.51. The van der Waals surface area contributed by atoms with Gasteiger partial charge in [0.05, 0.1) is 0 Å². The molecule has 1 heterocycles. The molecule has 0 amide bonds. The molecule has 1 aliphatic heterocycles. The summed E-state index contributed by atoms with van der Waals surface area (Å²) in [6.07, 6.45) is 1.06. The van der Waals surface area contributed by atoms with Crippen LogP contribution in [0, 0.1) is 5.82 Å². The van der Waals surface area contributed by atoms with E-state index in [0.717, 1.165) is 31.0 Å². The second-order valence-electron chi connectivity index (χ2n) is 5.56. The minimum atomic E-state index is -0.349. The predicted octanol–water partition coefficient (Wildman–Crippen LogP) is 3.75. The average Bonchev–Trinajstić information content (AvgIpc) is 2.50. The fourth-order valence-electron chi connectivity index (χ4n) is 2.33. The first-order valence-corrected chi connectivity index (χ1v) is 7.57. The molecule has 0 unspecified atom stereocenters. The van der Waals surface area contributed by atoms with E-state index < -0.39 is 0 Å². The van der Waals surface area contributed by atoms with Crippen LogP contribution in [-0.2, 0) is 0 Å². The normalized spacial score (nSPS) is 19.1. The van der Waals surface area contributed by atoms with Crippen molar-refractivity contribution >= 4 is 23.2 Å². The van der Waals surface area contributed by atoms with E-state index in [2.05, 4.69) is 18.7 Å². The molecule has 0 bridgehead atoms. The maximum Gasteiger partial charge on any atom is 0.161 e. The summed E-state index contributed by atoms with van der Waals surface area (Å²) in [5.74, 6) is 0.603. The number of carbonyl (C=O) groups excluding carboxylic acids is 1. The van der Waals surface area contributed by atoms with Crippen molar-refractivity contribution in [1.82, 2.24) is 0 Å². The number of anilines is 1. The molecule has 1 aliphatic rings. The zero-order valence-electron chi connectivity index (χ0n) is 11.7. The number of ketones is 1. The largest absolute Gasteiger partial charge is 0.370 e. The van der Waals surface area contributed by atoms with Crippen LogP contribution in [0.25, 0.3) is 0 Å². The highest BCUT2D eigenvalue weighted by Gasteiger charge is 2.25. The van der Waals surface area contributed by atoms with Crippen LogP contribution in [0.2, 0.25) is 0 Å². The molecule has 0 aliphatic carbocycles. The Morgan fingerprint density at radius 2 is 2.11 bits per heavy atom. The summed E-state index contributed by atoms with van der Waals surface area (Å²) < 4.78 is 13.6. The van der Waals surface area contributed by atoms with E-state index in [0.29, 0.717) is 5.56 Å². The lowest BCUT2D eigenvalue weighted by Gasteiger charge is -2.25. The topological polar surface area (TPSA) is 20.3 Å². The van der Waals surface area contributed by atoms with Gasteiger partial charge in [-0.3, -0.25) is 4.79 Å². The minimum absolute atomic E-state index is 0.0781. The molecular formula is C15H20FNOS. The summed E-state index contributed by atoms with van der Waals surface area (Å²) in [7, 11) is 0. The van der Waals surface area contributed by atoms with Crippen molar-refractivity contribution in [3.05, 3.63) is 29.6 Å². The van der Waals surface area contributed by atoms with E-state index >= 15 is 0 Å². The number of benzene rings is 1. The molecule has 0 aromatic heterocycles. The van der Waals surface area contributed by atoms with Gasteiger partial charge >= 0.3 is 0 Å². The summed E-state index contributed by atoms with van der Waals surface area (Å²) in [6.45, 7) is 7.80. The van der Waals surface area contributed by atoms with Gasteiger partial charge in [-0.1, -0.05) is 13.8 Å². The van der Waals surface area contributed by atoms with Crippen LogP contribution in [-0.4, -0.2) is 29.4 Å². The Morgan fingerprint density at radius 3 is 2.79 bits per heavy atom. The number of hydrogen-bond acceptors (Lipinski definition) is 3. The number of carbonyl (C=O) groups is 1. The van der Waals surface area contributed by atoms with Crippen molar-refractivity contribution in [3.63, 3.8) is 0 Å². The smallest absolute Gasteiger partial charge is 0.161 e. The molecule has 1 aromatic carbocycles. The number of halogens is 1. The Balaban J connectivity index is 2.29. The average molecular weight is 281 g/mol. The van der Waals surface area contributed by atoms with E-state index in [1.807, 2.05) is 11.8 Å². The maximum atomic E-state index is 13.3. The van der Waals surface area contributed by atoms with E-state index in [1.165, 1.54) is 19.1 Å². The lowest BCUT2D eigenvalue weighted by molar-refractivity contribution is 0.101. The van der Waals surface area contributed by atoms with Crippen LogP contribution in [0.3, 0.4) is 0 Å². The Labute approximate surface area is 118 Å². The monoisotopic (exact) mass is 281 g/mol. The first kappa shape index (κ1) is 14.4. The van der Waals surface area contributed by atoms with Gasteiger partial charge in [0.2, 0.25) is 0 Å². The number of nitrogens with zero attached hydrogens (tertiary/aromatic N) is 1. The van der Waals surface area contributed by atoms with Gasteiger partial charge in [-0.25, -0.2) is 4.39 Å². The molecule has 4 heteroatoms. The van der Waals surface area contributed by atoms with Crippen LogP contribution < -0.4 is 4.90 Å². The standard InChI is InChI=1S/C15H20FNOS/c1-11(18)13-10-12(16)4-5-14(13)17-7-6-15(2,3)19-9-8-17/h4-5,10H,6-9H2,1-3H3. The number of hydrogen-bond donors (Lipinski definition) is 0. The lowest BCUT2D eigenvalue weighted by Crippen LogP contribution is -2.28. The number of rotatable bonds is 2. The SMILES string of the molecule is CC(=O)c1cc(F)ccc1N1CCSC(C)(C)CC1. The van der Waals surface area contributed by atoms with Crippen molar-refractivity contribution < 1.29 is 9.18 Å². The highest BCUT2D eigenvalue weighted by molar-refractivity contribution is 8.00. The summed E-state index contributed by atoms with van der Waals surface area (Å²) >= 11 is 1.96. The van der Waals surface area contributed by atoms with Gasteiger partial charge in [-0.05, 0) is 31.5 Å². The minimum Gasteiger partial charge on any atom is -0.370 e. The molecule has 0 saturated carbocycles. The zero-order valence-corrected chi connectivity index (χ0v) is 12.5. The summed E-state index contributed by atoms with van der Waals surface area (Å²) in [5.41, 5.74) is 1.36. The molecule has 0 atom stereocenters. The molecule has 19 heavy (non-hydrogen) atoms. The Kier molecular flexibility index (Phi) is 4.19. The summed E-state index contributed by atoms with van der Waals surface area (Å²) in [5, 5.41) is 0. The van der Waals surface area contributed by atoms with E-state index in [4.69, 9.17) is 0 Å². The van der Waals surface area contributed by atoms with Gasteiger partial charge in [0.25, 0.3) is 0 Å². The molecule has 2 nitrogen and oxygen atoms in total. The van der Waals surface area contributed by atoms with Crippen LogP contribution >= 0.6 is 11.8 Å². The van der Waals surface area contributed by atoms with Crippen LogP contribution in [0.15, 0.2) is 18.2 Å². The van der Waals surface area contributed by atoms with Crippen LogP contribution in [0.1, 0.15) is 37.6 Å². The van der Waals surface area contributed by atoms with Crippen LogP contribution in [0.5, 0.6) is 0 Å². The quantitative estimate of drug-likeness (QED) is 0.770. The second kappa shape index (κ2) is 5.53. The third-order valence-electron chi connectivity index (χ3n) is 3.52. The molecule has 1 saturated heterocycles. The first-order valence-electron chi connectivity index (χ1n) is 6.58. The zero-order chi connectivity index (χ0) is 14.0. The van der Waals surface area contributed by atoms with Gasteiger partial charge in [0.15, 0.2) is 5.78 Å². The van der Waals surface area contributed by atoms with Gasteiger partial charge in [-0.2, -0.15) is 11.8 Å². The molecule has 104 valence electrons. The van der Waals surface area contributed by atoms with Gasteiger partial charge < -0.3 is 4.90 Å². The van der Waals surface area contributed by atoms with E-state index in [1.54, 1.807) is 6.07 Å². The molecule has 1 fully saturated rings. The van der Waals surface area contributed by atoms with Gasteiger partial charge in [0.1, 0.15) is 5.82 Å². The number of thioether (sulfide) groups is 1. The maximum absolute atomic E-state index is 13.3. The highest BCUT2D eigenvalue weighted by Crippen LogP contribution is 2.33. The summed E-state index contributed by atoms with van der Waals surface area (Å²) in [4.78, 5) is 13.9. The highest BCUT2D eigenvalue weighted by atomic mass is 32.2. The molecule has 2 rings (SSSR count). The predicted molar refractivity (Wildman–Crippen MR) is 79.8 cm³/mol. The first-order chi connectivity index (χ1) is 8.89. The molecule has 0 N–H and O–H groups in total. The molecule has 0 spiro atoms. The fraction of sp³-hybridized carbons (Fsp3) is 0.533. The third kappa shape index (κ3) is 3.50. The van der Waals surface area contributed by atoms with Gasteiger partial charge in [0, 0.05) is 34.8 Å². The Bertz CT molecular complexity index is 487. The Hall–Kier alpha value is -1.03. The van der Waals surface area contributed by atoms with Crippen molar-refractivity contribution in [3.8, 4) is 0 Å². The molecule has 1 aromatic rings. The number of Topliss-reactive ketones (excluding diaryl/α,β-unsaturated/α-hetero) is 1. The van der Waals surface area contributed by atoms with Crippen LogP contribution in [0.4, 0.5) is 10.1 Å². The second-order valence-corrected chi connectivity index (χ2v) is 7.36. The van der Waals surface area contributed by atoms with Gasteiger partial charge in [-0.15, -0.1) is 0 Å². The third-order valence-corrected chi connectivity index (χ3v) is 4.89. The lowest BCUT2D eigenvalue weighted by atomic mass is 10.1. The molecular weight excluding hydrogens is 261 g/mol. The molecule has 0 radical (unpaired) electrons.